The third-order valence-electron chi connectivity index (χ3n) is 4.92. The first-order valence-electron chi connectivity index (χ1n) is 10.4. The molecule has 3 aromatic carbocycles. The zero-order chi connectivity index (χ0) is 22.8. The second-order valence-electron chi connectivity index (χ2n) is 8.97. The van der Waals surface area contributed by atoms with E-state index in [-0.39, 0.29) is 0 Å². The van der Waals surface area contributed by atoms with Crippen LogP contribution in [0.5, 0.6) is 5.75 Å². The lowest BCUT2D eigenvalue weighted by Gasteiger charge is -2.15. The molecule has 31 heavy (non-hydrogen) atoms. The Bertz CT molecular complexity index is 1210. The third kappa shape index (κ3) is 5.45. The van der Waals surface area contributed by atoms with Gasteiger partial charge in [0.25, 0.3) is 0 Å². The molecule has 0 saturated carbocycles. The lowest BCUT2D eigenvalue weighted by atomic mass is 9.96. The zero-order valence-corrected chi connectivity index (χ0v) is 20.1. The van der Waals surface area contributed by atoms with Crippen molar-refractivity contribution in [2.24, 2.45) is 0 Å². The fourth-order valence-corrected chi connectivity index (χ4v) is 3.71. The molecule has 0 aromatic heterocycles. The highest BCUT2D eigenvalue weighted by molar-refractivity contribution is 6.83. The summed E-state index contributed by atoms with van der Waals surface area (Å²) >= 11 is 0. The van der Waals surface area contributed by atoms with Gasteiger partial charge in [0, 0.05) is 22.4 Å². The monoisotopic (exact) mass is 427 g/mol. The number of ether oxygens (including phenoxy) is 1. The van der Waals surface area contributed by atoms with E-state index in [4.69, 9.17) is 10.5 Å². The van der Waals surface area contributed by atoms with E-state index < -0.39 is 14.0 Å². The number of carbonyl (C=O) groups is 1. The normalized spacial score (nSPS) is 10.9. The zero-order valence-electron chi connectivity index (χ0n) is 19.1. The Morgan fingerprint density at radius 2 is 1.55 bits per heavy atom. The number of para-hydroxylation sites is 1. The van der Waals surface area contributed by atoms with Gasteiger partial charge in [-0.3, -0.25) is 0 Å². The fourth-order valence-electron chi connectivity index (χ4n) is 3.20. The van der Waals surface area contributed by atoms with Crippen molar-refractivity contribution in [3.63, 3.8) is 0 Å². The van der Waals surface area contributed by atoms with Gasteiger partial charge in [0.1, 0.15) is 13.8 Å². The first kappa shape index (κ1) is 22.4. The van der Waals surface area contributed by atoms with E-state index in [0.29, 0.717) is 17.0 Å². The van der Waals surface area contributed by atoms with Crippen LogP contribution in [0.3, 0.4) is 0 Å². The van der Waals surface area contributed by atoms with Gasteiger partial charge in [-0.1, -0.05) is 62.0 Å². The topological polar surface area (TPSA) is 52.3 Å². The molecule has 0 radical (unpaired) electrons. The summed E-state index contributed by atoms with van der Waals surface area (Å²) in [5.41, 5.74) is 16.1. The molecule has 0 atom stereocenters. The van der Waals surface area contributed by atoms with Crippen molar-refractivity contribution in [2.75, 3.05) is 5.73 Å². The molecule has 2 N–H and O–H groups in total. The van der Waals surface area contributed by atoms with Crippen LogP contribution in [0, 0.1) is 32.2 Å². The van der Waals surface area contributed by atoms with Gasteiger partial charge in [-0.05, 0) is 55.7 Å². The van der Waals surface area contributed by atoms with E-state index in [1.807, 2.05) is 50.2 Å². The maximum atomic E-state index is 13.0. The summed E-state index contributed by atoms with van der Waals surface area (Å²) in [7, 11) is -1.55. The second-order valence-corrected chi connectivity index (χ2v) is 13.7. The average molecular weight is 428 g/mol. The molecule has 3 rings (SSSR count). The number of nitrogen functional groups attached to an aromatic ring is 1. The molecular formula is C27H29NO2Si. The SMILES string of the molecule is Cc1ccc(-c2ccc(C)cc2OC(=O)c2cccc(C)c2N)c(C#C[Si](C)(C)C)c1. The van der Waals surface area contributed by atoms with Crippen LogP contribution >= 0.6 is 0 Å². The Balaban J connectivity index is 2.10. The summed E-state index contributed by atoms with van der Waals surface area (Å²) in [5.74, 6) is 3.43. The third-order valence-corrected chi connectivity index (χ3v) is 5.80. The Morgan fingerprint density at radius 1 is 0.903 bits per heavy atom. The molecule has 0 aliphatic rings. The van der Waals surface area contributed by atoms with Gasteiger partial charge in [0.2, 0.25) is 0 Å². The van der Waals surface area contributed by atoms with Crippen molar-refractivity contribution in [2.45, 2.75) is 40.4 Å². The maximum absolute atomic E-state index is 13.0. The molecule has 0 spiro atoms. The number of aryl methyl sites for hydroxylation is 3. The Morgan fingerprint density at radius 3 is 2.23 bits per heavy atom. The summed E-state index contributed by atoms with van der Waals surface area (Å²) in [6.45, 7) is 12.6. The van der Waals surface area contributed by atoms with Crippen LogP contribution in [0.25, 0.3) is 11.1 Å². The van der Waals surface area contributed by atoms with E-state index in [1.54, 1.807) is 6.07 Å². The van der Waals surface area contributed by atoms with Crippen LogP contribution in [0.1, 0.15) is 32.6 Å². The van der Waals surface area contributed by atoms with E-state index in [1.165, 1.54) is 0 Å². The van der Waals surface area contributed by atoms with Gasteiger partial charge in [-0.2, -0.15) is 0 Å². The van der Waals surface area contributed by atoms with E-state index in [2.05, 4.69) is 50.2 Å². The van der Waals surface area contributed by atoms with Crippen LogP contribution in [-0.2, 0) is 0 Å². The first-order valence-corrected chi connectivity index (χ1v) is 13.9. The largest absolute Gasteiger partial charge is 0.422 e. The molecule has 0 unspecified atom stereocenters. The molecule has 0 aliphatic carbocycles. The van der Waals surface area contributed by atoms with Crippen LogP contribution in [0.2, 0.25) is 19.6 Å². The van der Waals surface area contributed by atoms with Gasteiger partial charge >= 0.3 is 5.97 Å². The number of benzene rings is 3. The standard InChI is InChI=1S/C27H29NO2Si/c1-18-10-12-22(21(16-18)14-15-31(4,5)6)23-13-11-19(2)17-25(23)30-27(29)24-9-7-8-20(3)26(24)28/h7-13,16-17H,28H2,1-6H3. The number of nitrogens with two attached hydrogens (primary N) is 1. The number of esters is 1. The minimum atomic E-state index is -1.55. The van der Waals surface area contributed by atoms with Crippen molar-refractivity contribution in [1.82, 2.24) is 0 Å². The van der Waals surface area contributed by atoms with Crippen molar-refractivity contribution >= 4 is 19.7 Å². The van der Waals surface area contributed by atoms with Gasteiger partial charge < -0.3 is 10.5 Å². The van der Waals surface area contributed by atoms with Gasteiger partial charge in [0.05, 0.1) is 5.56 Å². The minimum absolute atomic E-state index is 0.370. The van der Waals surface area contributed by atoms with Crippen molar-refractivity contribution in [3.05, 3.63) is 82.4 Å². The summed E-state index contributed by atoms with van der Waals surface area (Å²) in [6, 6.07) is 17.5. The first-order chi connectivity index (χ1) is 14.5. The molecule has 4 heteroatoms. The molecule has 0 saturated heterocycles. The van der Waals surface area contributed by atoms with Crippen LogP contribution in [0.15, 0.2) is 54.6 Å². The summed E-state index contributed by atoms with van der Waals surface area (Å²) in [6.07, 6.45) is 0. The number of anilines is 1. The highest BCUT2D eigenvalue weighted by atomic mass is 28.3. The van der Waals surface area contributed by atoms with E-state index in [9.17, 15) is 4.79 Å². The van der Waals surface area contributed by atoms with Crippen molar-refractivity contribution in [3.8, 4) is 28.3 Å². The summed E-state index contributed by atoms with van der Waals surface area (Å²) < 4.78 is 5.87. The highest BCUT2D eigenvalue weighted by Crippen LogP contribution is 2.34. The summed E-state index contributed by atoms with van der Waals surface area (Å²) in [4.78, 5) is 13.0. The molecule has 158 valence electrons. The molecule has 3 aromatic rings. The molecule has 0 heterocycles. The molecular weight excluding hydrogens is 398 g/mol. The number of hydrogen-bond acceptors (Lipinski definition) is 3. The number of hydrogen-bond donors (Lipinski definition) is 1. The molecule has 0 bridgehead atoms. The average Bonchev–Trinajstić information content (AvgIpc) is 2.68. The van der Waals surface area contributed by atoms with Crippen molar-refractivity contribution < 1.29 is 9.53 Å². The number of rotatable bonds is 3. The lowest BCUT2D eigenvalue weighted by Crippen LogP contribution is -2.16. The Kier molecular flexibility index (Phi) is 6.38. The van der Waals surface area contributed by atoms with Crippen molar-refractivity contribution in [1.29, 1.82) is 0 Å². The van der Waals surface area contributed by atoms with Crippen LogP contribution < -0.4 is 10.5 Å². The van der Waals surface area contributed by atoms with Gasteiger partial charge in [0.15, 0.2) is 0 Å². The Labute approximate surface area is 186 Å². The minimum Gasteiger partial charge on any atom is -0.422 e. The van der Waals surface area contributed by atoms with E-state index in [0.717, 1.165) is 33.4 Å². The Hall–Kier alpha value is -3.29. The molecule has 0 amide bonds. The van der Waals surface area contributed by atoms with Crippen LogP contribution in [0.4, 0.5) is 5.69 Å². The fraction of sp³-hybridized carbons (Fsp3) is 0.222. The molecule has 3 nitrogen and oxygen atoms in total. The number of carbonyl (C=O) groups excluding carboxylic acids is 1. The smallest absolute Gasteiger partial charge is 0.345 e. The lowest BCUT2D eigenvalue weighted by molar-refractivity contribution is 0.0736. The quantitative estimate of drug-likeness (QED) is 0.175. The molecule has 0 fully saturated rings. The second kappa shape index (κ2) is 8.83. The highest BCUT2D eigenvalue weighted by Gasteiger charge is 2.18. The maximum Gasteiger partial charge on any atom is 0.345 e. The van der Waals surface area contributed by atoms with Gasteiger partial charge in [-0.15, -0.1) is 5.54 Å². The predicted molar refractivity (Wildman–Crippen MR) is 132 cm³/mol. The van der Waals surface area contributed by atoms with E-state index >= 15 is 0 Å². The molecule has 0 aliphatic heterocycles. The predicted octanol–water partition coefficient (Wildman–Crippen LogP) is 6.31. The van der Waals surface area contributed by atoms with Gasteiger partial charge in [-0.25, -0.2) is 4.79 Å². The van der Waals surface area contributed by atoms with Crippen LogP contribution in [-0.4, -0.2) is 14.0 Å². The summed E-state index contributed by atoms with van der Waals surface area (Å²) in [5, 5.41) is 0.